The number of hydrogen-bond donors (Lipinski definition) is 2. The van der Waals surface area contributed by atoms with E-state index in [-0.39, 0.29) is 26.2 Å². The van der Waals surface area contributed by atoms with Crippen LogP contribution in [0.15, 0.2) is 109 Å². The molecule has 31 heavy (non-hydrogen) atoms. The van der Waals surface area contributed by atoms with Gasteiger partial charge >= 0.3 is 26.2 Å². The molecule has 2 N–H and O–H groups in total. The number of aromatic hydroxyl groups is 2. The summed E-state index contributed by atoms with van der Waals surface area (Å²) in [7, 11) is 0. The Morgan fingerprint density at radius 3 is 0.871 bits per heavy atom. The third kappa shape index (κ3) is 15.6. The van der Waals surface area contributed by atoms with Crippen molar-refractivity contribution in [2.75, 3.05) is 0 Å². The molecule has 0 aliphatic carbocycles. The van der Waals surface area contributed by atoms with Gasteiger partial charge in [-0.05, 0) is 38.1 Å². The Balaban J connectivity index is 0.000000384. The molecule has 0 aliphatic rings. The summed E-state index contributed by atoms with van der Waals surface area (Å²) in [4.78, 5) is 0. The Kier molecular flexibility index (Phi) is 15.3. The summed E-state index contributed by atoms with van der Waals surface area (Å²) in [5.74, 6) is 0.659. The second-order valence-electron chi connectivity index (χ2n) is 6.64. The minimum Gasteiger partial charge on any atom is -0.508 e. The standard InChI is InChI=1S/2C7H8O.2C7H7.Zr/c2*1-6-2-4-7(8)5-3-6;2*1-7-5-3-2-4-6-7;/h2*2-5,8H,1H3;2*2-6H,1H2;/q;;2*-1;+2. The van der Waals surface area contributed by atoms with Crippen LogP contribution in [-0.4, -0.2) is 10.2 Å². The molecule has 0 saturated carbocycles. The average Bonchev–Trinajstić information content (AvgIpc) is 2.75. The Hall–Kier alpha value is -2.90. The summed E-state index contributed by atoms with van der Waals surface area (Å²) in [5.41, 5.74) is 4.48. The fourth-order valence-corrected chi connectivity index (χ4v) is 2.05. The molecule has 0 radical (unpaired) electrons. The molecule has 0 bridgehead atoms. The first kappa shape index (κ1) is 28.1. The molecule has 0 atom stereocenters. The van der Waals surface area contributed by atoms with Crippen molar-refractivity contribution in [2.45, 2.75) is 13.8 Å². The first-order valence-electron chi connectivity index (χ1n) is 9.62. The zero-order chi connectivity index (χ0) is 22.2. The minimum atomic E-state index is 0. The minimum absolute atomic E-state index is 0. The molecule has 2 nitrogen and oxygen atoms in total. The zero-order valence-corrected chi connectivity index (χ0v) is 20.7. The predicted molar refractivity (Wildman–Crippen MR) is 127 cm³/mol. The van der Waals surface area contributed by atoms with Crippen LogP contribution in [0.25, 0.3) is 0 Å². The van der Waals surface area contributed by atoms with Crippen molar-refractivity contribution in [2.24, 2.45) is 0 Å². The van der Waals surface area contributed by atoms with Crippen molar-refractivity contribution >= 4 is 0 Å². The number of aryl methyl sites for hydroxylation is 2. The van der Waals surface area contributed by atoms with Crippen LogP contribution in [0.3, 0.4) is 0 Å². The van der Waals surface area contributed by atoms with E-state index >= 15 is 0 Å². The molecular formula is C28H30O2Zr. The van der Waals surface area contributed by atoms with Gasteiger partial charge in [0.2, 0.25) is 0 Å². The van der Waals surface area contributed by atoms with E-state index in [1.807, 2.05) is 98.8 Å². The molecule has 4 rings (SSSR count). The number of rotatable bonds is 0. The Morgan fingerprint density at radius 1 is 0.452 bits per heavy atom. The molecule has 0 aromatic heterocycles. The Labute approximate surface area is 206 Å². The summed E-state index contributed by atoms with van der Waals surface area (Å²) in [5, 5.41) is 17.5. The van der Waals surface area contributed by atoms with E-state index in [4.69, 9.17) is 10.2 Å². The van der Waals surface area contributed by atoms with Crippen LogP contribution < -0.4 is 0 Å². The molecule has 0 aliphatic heterocycles. The number of benzene rings is 4. The van der Waals surface area contributed by atoms with Crippen LogP contribution >= 0.6 is 0 Å². The van der Waals surface area contributed by atoms with Gasteiger partial charge in [-0.3, -0.25) is 0 Å². The van der Waals surface area contributed by atoms with Gasteiger partial charge in [0.1, 0.15) is 11.5 Å². The van der Waals surface area contributed by atoms with Gasteiger partial charge in [0.25, 0.3) is 0 Å². The quantitative estimate of drug-likeness (QED) is 0.258. The average molecular weight is 490 g/mol. The van der Waals surface area contributed by atoms with Crippen LogP contribution in [0.1, 0.15) is 22.3 Å². The molecule has 3 heteroatoms. The molecule has 0 heterocycles. The largest absolute Gasteiger partial charge is 2.00 e. The normalized spacial score (nSPS) is 8.58. The first-order chi connectivity index (χ1) is 14.4. The van der Waals surface area contributed by atoms with Gasteiger partial charge in [-0.2, -0.15) is 49.2 Å². The number of hydrogen-bond acceptors (Lipinski definition) is 2. The predicted octanol–water partition coefficient (Wildman–Crippen LogP) is 7.14. The second kappa shape index (κ2) is 16.9. The topological polar surface area (TPSA) is 40.5 Å². The molecule has 0 spiro atoms. The summed E-state index contributed by atoms with van der Waals surface area (Å²) in [6.45, 7) is 11.4. The van der Waals surface area contributed by atoms with Gasteiger partial charge in [0, 0.05) is 0 Å². The van der Waals surface area contributed by atoms with Crippen LogP contribution in [0.4, 0.5) is 0 Å². The van der Waals surface area contributed by atoms with Crippen molar-refractivity contribution < 1.29 is 36.4 Å². The van der Waals surface area contributed by atoms with Gasteiger partial charge < -0.3 is 10.2 Å². The van der Waals surface area contributed by atoms with E-state index in [9.17, 15) is 0 Å². The SMILES string of the molecule is Cc1ccc(O)cc1.Cc1ccc(O)cc1.[CH2-]c1ccccc1.[CH2-]c1ccccc1.[Zr+2]. The number of phenols is 2. The number of phenolic OH excluding ortho intramolecular Hbond substituents is 2. The third-order valence-corrected chi connectivity index (χ3v) is 3.75. The van der Waals surface area contributed by atoms with Crippen LogP contribution in [-0.2, 0) is 26.2 Å². The van der Waals surface area contributed by atoms with E-state index in [1.54, 1.807) is 24.3 Å². The molecule has 0 saturated heterocycles. The van der Waals surface area contributed by atoms with E-state index in [2.05, 4.69) is 13.8 Å². The van der Waals surface area contributed by atoms with Gasteiger partial charge in [-0.15, -0.1) is 24.3 Å². The van der Waals surface area contributed by atoms with E-state index in [1.165, 1.54) is 11.1 Å². The molecule has 158 valence electrons. The maximum atomic E-state index is 8.76. The van der Waals surface area contributed by atoms with Crippen molar-refractivity contribution in [3.63, 3.8) is 0 Å². The van der Waals surface area contributed by atoms with Crippen molar-refractivity contribution in [3.05, 3.63) is 145 Å². The summed E-state index contributed by atoms with van der Waals surface area (Å²) in [6.07, 6.45) is 0. The molecular weight excluding hydrogens is 460 g/mol. The van der Waals surface area contributed by atoms with Gasteiger partial charge in [-0.1, -0.05) is 47.5 Å². The Morgan fingerprint density at radius 2 is 0.710 bits per heavy atom. The van der Waals surface area contributed by atoms with Crippen molar-refractivity contribution in [3.8, 4) is 11.5 Å². The maximum absolute atomic E-state index is 8.76. The molecule has 4 aromatic rings. The van der Waals surface area contributed by atoms with Crippen molar-refractivity contribution in [1.82, 2.24) is 0 Å². The Bertz CT molecular complexity index is 797. The fourth-order valence-electron chi connectivity index (χ4n) is 2.05. The van der Waals surface area contributed by atoms with E-state index < -0.39 is 0 Å². The molecule has 0 fully saturated rings. The second-order valence-corrected chi connectivity index (χ2v) is 6.64. The monoisotopic (exact) mass is 488 g/mol. The van der Waals surface area contributed by atoms with E-state index in [0.717, 1.165) is 11.1 Å². The van der Waals surface area contributed by atoms with E-state index in [0.29, 0.717) is 11.5 Å². The van der Waals surface area contributed by atoms with Gasteiger partial charge in [-0.25, -0.2) is 0 Å². The third-order valence-electron chi connectivity index (χ3n) is 3.75. The van der Waals surface area contributed by atoms with Gasteiger partial charge in [0.15, 0.2) is 0 Å². The molecule has 0 amide bonds. The zero-order valence-electron chi connectivity index (χ0n) is 18.2. The van der Waals surface area contributed by atoms with Gasteiger partial charge in [0.05, 0.1) is 0 Å². The van der Waals surface area contributed by atoms with Crippen LogP contribution in [0.5, 0.6) is 11.5 Å². The summed E-state index contributed by atoms with van der Waals surface area (Å²) < 4.78 is 0. The van der Waals surface area contributed by atoms with Crippen molar-refractivity contribution in [1.29, 1.82) is 0 Å². The summed E-state index contributed by atoms with van der Waals surface area (Å²) in [6, 6.07) is 33.9. The molecule has 4 aromatic carbocycles. The van der Waals surface area contributed by atoms with Crippen LogP contribution in [0, 0.1) is 27.7 Å². The summed E-state index contributed by atoms with van der Waals surface area (Å²) >= 11 is 0. The fraction of sp³-hybridized carbons (Fsp3) is 0.0714. The molecule has 0 unspecified atom stereocenters. The van der Waals surface area contributed by atoms with Crippen LogP contribution in [0.2, 0.25) is 0 Å². The smallest absolute Gasteiger partial charge is 0.508 e. The maximum Gasteiger partial charge on any atom is 2.00 e. The first-order valence-corrected chi connectivity index (χ1v) is 9.62.